The van der Waals surface area contributed by atoms with Gasteiger partial charge in [-0.25, -0.2) is 0 Å². The molecule has 1 heterocycles. The van der Waals surface area contributed by atoms with Gasteiger partial charge in [0, 0.05) is 34.8 Å². The summed E-state index contributed by atoms with van der Waals surface area (Å²) in [7, 11) is 0. The average molecular weight is 787 g/mol. The van der Waals surface area contributed by atoms with Gasteiger partial charge in [0.15, 0.2) is 0 Å². The molecule has 2 fully saturated rings. The monoisotopic (exact) mass is 786 g/mol. The lowest BCUT2D eigenvalue weighted by Crippen LogP contribution is -2.58. The zero-order valence-corrected chi connectivity index (χ0v) is 31.7. The highest BCUT2D eigenvalue weighted by Crippen LogP contribution is 2.45. The van der Waals surface area contributed by atoms with Gasteiger partial charge in [-0.15, -0.1) is 0 Å². The minimum absolute atomic E-state index is 0.190. The van der Waals surface area contributed by atoms with Gasteiger partial charge >= 0.3 is 0 Å². The number of benzene rings is 2. The van der Waals surface area contributed by atoms with Crippen LogP contribution in [0.1, 0.15) is 95.4 Å². The molecule has 0 radical (unpaired) electrons. The molecule has 0 bridgehead atoms. The number of hydrogen-bond donors (Lipinski definition) is 1. The van der Waals surface area contributed by atoms with Gasteiger partial charge in [-0.05, 0) is 86.3 Å². The Bertz CT molecular complexity index is 1180. The molecule has 7 nitrogen and oxygen atoms in total. The molecule has 47 heavy (non-hydrogen) atoms. The summed E-state index contributed by atoms with van der Waals surface area (Å²) in [4.78, 5) is 0. The maximum absolute atomic E-state index is 10.7. The van der Waals surface area contributed by atoms with Crippen molar-refractivity contribution < 1.29 is 33.5 Å². The Morgan fingerprint density at radius 1 is 0.830 bits per heavy atom. The third-order valence-corrected chi connectivity index (χ3v) is 10.6. The van der Waals surface area contributed by atoms with E-state index in [2.05, 4.69) is 61.6 Å². The first-order chi connectivity index (χ1) is 23.0. The Labute approximate surface area is 301 Å². The Kier molecular flexibility index (Phi) is 16.9. The van der Waals surface area contributed by atoms with Crippen LogP contribution in [-0.2, 0) is 25.4 Å². The van der Waals surface area contributed by atoms with Crippen LogP contribution in [0.3, 0.4) is 0 Å². The Morgan fingerprint density at radius 2 is 1.47 bits per heavy atom. The van der Waals surface area contributed by atoms with Crippen molar-refractivity contribution in [3.8, 4) is 11.5 Å². The van der Waals surface area contributed by atoms with E-state index in [-0.39, 0.29) is 6.61 Å². The molecule has 1 saturated carbocycles. The van der Waals surface area contributed by atoms with Gasteiger partial charge in [0.1, 0.15) is 42.0 Å². The van der Waals surface area contributed by atoms with Gasteiger partial charge in [-0.3, -0.25) is 0 Å². The fourth-order valence-electron chi connectivity index (χ4n) is 6.07. The minimum atomic E-state index is -0.584. The zero-order chi connectivity index (χ0) is 33.6. The molecule has 0 spiro atoms. The summed E-state index contributed by atoms with van der Waals surface area (Å²) in [6.45, 7) is 11.2. The largest absolute Gasteiger partial charge is 0.494 e. The maximum atomic E-state index is 10.7. The number of hydrogen-bond acceptors (Lipinski definition) is 7. The molecule has 2 aromatic rings. The van der Waals surface area contributed by atoms with E-state index in [1.807, 2.05) is 25.1 Å². The highest BCUT2D eigenvalue weighted by molar-refractivity contribution is 14.1. The van der Waals surface area contributed by atoms with E-state index < -0.39 is 30.5 Å². The molecular weight excluding hydrogens is 731 g/mol. The van der Waals surface area contributed by atoms with Crippen LogP contribution >= 0.6 is 34.2 Å². The Balaban J connectivity index is 1.74. The molecule has 264 valence electrons. The van der Waals surface area contributed by atoms with E-state index in [4.69, 9.17) is 40.0 Å². The van der Waals surface area contributed by atoms with Crippen molar-refractivity contribution in [2.75, 3.05) is 44.1 Å². The number of ether oxygens (including phenoxy) is 6. The van der Waals surface area contributed by atoms with Crippen LogP contribution in [-0.4, -0.2) is 73.6 Å². The van der Waals surface area contributed by atoms with Crippen LogP contribution in [0.25, 0.3) is 0 Å². The standard InChI is InChI=1S/C38H56ClIO7/c1-5-9-16-43-36-34(24-41)47-35(37(44-17-10-6-2)38(36)45-18-11-7-3)31-21-27(19-26-12-14-30(15-13-26)42-8-4)32(39)22-33(31)46-25-29-20-28(29)23-40/h12-15,21-22,28-29,34-38,41H,5-11,16-20,23-25H2,1-4H3/t28-,29+,34+,35-,36+,37-,38-/m0/s1. The molecule has 4 rings (SSSR count). The van der Waals surface area contributed by atoms with Crippen molar-refractivity contribution in [1.82, 2.24) is 0 Å². The topological polar surface area (TPSA) is 75.6 Å². The summed E-state index contributed by atoms with van der Waals surface area (Å²) in [6.07, 6.45) is 5.15. The summed E-state index contributed by atoms with van der Waals surface area (Å²) >= 11 is 9.46. The number of aliphatic hydroxyl groups excluding tert-OH is 1. The number of unbranched alkanes of at least 4 members (excludes halogenated alkanes) is 3. The molecule has 1 aliphatic heterocycles. The van der Waals surface area contributed by atoms with Gasteiger partial charge in [-0.2, -0.15) is 0 Å². The van der Waals surface area contributed by atoms with Crippen LogP contribution in [0.2, 0.25) is 5.02 Å². The van der Waals surface area contributed by atoms with Gasteiger partial charge < -0.3 is 33.5 Å². The van der Waals surface area contributed by atoms with Gasteiger partial charge in [-0.1, -0.05) is 86.4 Å². The van der Waals surface area contributed by atoms with Gasteiger partial charge in [0.05, 0.1) is 19.8 Å². The molecular formula is C38H56ClIO7. The molecule has 7 atom stereocenters. The number of rotatable bonds is 22. The Morgan fingerprint density at radius 3 is 2.04 bits per heavy atom. The van der Waals surface area contributed by atoms with E-state index in [9.17, 15) is 5.11 Å². The Hall–Kier alpha value is -1.14. The smallest absolute Gasteiger partial charge is 0.126 e. The lowest BCUT2D eigenvalue weighted by molar-refractivity contribution is -0.266. The van der Waals surface area contributed by atoms with E-state index >= 15 is 0 Å². The predicted molar refractivity (Wildman–Crippen MR) is 196 cm³/mol. The van der Waals surface area contributed by atoms with Crippen molar-refractivity contribution >= 4 is 34.2 Å². The number of aliphatic hydroxyl groups is 1. The first kappa shape index (κ1) is 38.7. The van der Waals surface area contributed by atoms with Gasteiger partial charge in [0.25, 0.3) is 0 Å². The molecule has 0 aromatic heterocycles. The van der Waals surface area contributed by atoms with Crippen molar-refractivity contribution in [2.45, 2.75) is 110 Å². The third-order valence-electron chi connectivity index (χ3n) is 9.07. The second kappa shape index (κ2) is 20.5. The van der Waals surface area contributed by atoms with Crippen molar-refractivity contribution in [2.24, 2.45) is 11.8 Å². The molecule has 0 unspecified atom stereocenters. The fraction of sp³-hybridized carbons (Fsp3) is 0.684. The molecule has 2 aliphatic rings. The zero-order valence-electron chi connectivity index (χ0n) is 28.8. The van der Waals surface area contributed by atoms with Crippen LogP contribution < -0.4 is 9.47 Å². The third kappa shape index (κ3) is 11.2. The lowest BCUT2D eigenvalue weighted by atomic mass is 9.88. The summed E-state index contributed by atoms with van der Waals surface area (Å²) in [5.74, 6) is 2.78. The molecule has 1 aliphatic carbocycles. The summed E-state index contributed by atoms with van der Waals surface area (Å²) in [5, 5.41) is 11.3. The molecule has 1 saturated heterocycles. The quantitative estimate of drug-likeness (QED) is 0.0727. The van der Waals surface area contributed by atoms with Crippen molar-refractivity contribution in [1.29, 1.82) is 0 Å². The molecule has 1 N–H and O–H groups in total. The summed E-state index contributed by atoms with van der Waals surface area (Å²) < 4.78 is 39.9. The second-order valence-electron chi connectivity index (χ2n) is 12.8. The van der Waals surface area contributed by atoms with E-state index in [1.54, 1.807) is 0 Å². The van der Waals surface area contributed by atoms with Crippen LogP contribution in [0.4, 0.5) is 0 Å². The summed E-state index contributed by atoms with van der Waals surface area (Å²) in [5.41, 5.74) is 2.96. The molecule has 0 amide bonds. The average Bonchev–Trinajstić information content (AvgIpc) is 3.85. The lowest BCUT2D eigenvalue weighted by Gasteiger charge is -2.46. The highest BCUT2D eigenvalue weighted by Gasteiger charge is 2.49. The summed E-state index contributed by atoms with van der Waals surface area (Å²) in [6, 6.07) is 12.2. The van der Waals surface area contributed by atoms with Crippen molar-refractivity contribution in [3.63, 3.8) is 0 Å². The van der Waals surface area contributed by atoms with Gasteiger partial charge in [0.2, 0.25) is 0 Å². The number of alkyl halides is 1. The van der Waals surface area contributed by atoms with Crippen LogP contribution in [0, 0.1) is 11.8 Å². The molecule has 2 aromatic carbocycles. The maximum Gasteiger partial charge on any atom is 0.126 e. The minimum Gasteiger partial charge on any atom is -0.494 e. The first-order valence-corrected chi connectivity index (χ1v) is 19.7. The van der Waals surface area contributed by atoms with Crippen molar-refractivity contribution in [3.05, 3.63) is 58.1 Å². The predicted octanol–water partition coefficient (Wildman–Crippen LogP) is 8.77. The normalized spacial score (nSPS) is 25.6. The van der Waals surface area contributed by atoms with E-state index in [1.165, 1.54) is 6.42 Å². The SMILES string of the molecule is CCCCO[C@@H]1[C@@H](OCCCC)[C@H](c2cc(Cc3ccc(OCC)cc3)c(Cl)cc2OC[C@H]2C[C@H]2CI)O[C@H](CO)[C@H]1OCCCC. The van der Waals surface area contributed by atoms with Crippen LogP contribution in [0.5, 0.6) is 11.5 Å². The number of halogens is 2. The molecule has 9 heteroatoms. The van der Waals surface area contributed by atoms with E-state index in [0.717, 1.165) is 65.4 Å². The second-order valence-corrected chi connectivity index (χ2v) is 14.1. The fourth-order valence-corrected chi connectivity index (χ4v) is 7.37. The highest BCUT2D eigenvalue weighted by atomic mass is 127. The van der Waals surface area contributed by atoms with Crippen LogP contribution in [0.15, 0.2) is 36.4 Å². The first-order valence-electron chi connectivity index (χ1n) is 17.8. The van der Waals surface area contributed by atoms with E-state index in [0.29, 0.717) is 62.1 Å².